The summed E-state index contributed by atoms with van der Waals surface area (Å²) in [6.45, 7) is 5.97. The first-order valence-electron chi connectivity index (χ1n) is 6.18. The van der Waals surface area contributed by atoms with Gasteiger partial charge in [-0.05, 0) is 26.8 Å². The summed E-state index contributed by atoms with van der Waals surface area (Å²) in [5, 5.41) is 2.80. The SMILES string of the molecule is C=CCNC(=O)C(C)N(C)C1CCC(=O)CC1. The normalized spacial score (nSPS) is 19.1. The number of ketones is 1. The van der Waals surface area contributed by atoms with E-state index in [0.29, 0.717) is 31.2 Å². The number of nitrogens with one attached hydrogen (secondary N) is 1. The highest BCUT2D eigenvalue weighted by Crippen LogP contribution is 2.20. The average Bonchev–Trinajstić information content (AvgIpc) is 2.35. The van der Waals surface area contributed by atoms with E-state index in [4.69, 9.17) is 0 Å². The van der Waals surface area contributed by atoms with Gasteiger partial charge in [0.25, 0.3) is 0 Å². The van der Waals surface area contributed by atoms with E-state index in [-0.39, 0.29) is 11.9 Å². The third-order valence-electron chi connectivity index (χ3n) is 3.50. The second-order valence-corrected chi connectivity index (χ2v) is 4.65. The van der Waals surface area contributed by atoms with Crippen LogP contribution in [0.2, 0.25) is 0 Å². The van der Waals surface area contributed by atoms with Gasteiger partial charge >= 0.3 is 0 Å². The zero-order valence-corrected chi connectivity index (χ0v) is 10.7. The fourth-order valence-electron chi connectivity index (χ4n) is 2.15. The Labute approximate surface area is 103 Å². The van der Waals surface area contributed by atoms with Gasteiger partial charge in [0.1, 0.15) is 5.78 Å². The van der Waals surface area contributed by atoms with E-state index in [0.717, 1.165) is 12.8 Å². The van der Waals surface area contributed by atoms with Crippen LogP contribution in [0.1, 0.15) is 32.6 Å². The third kappa shape index (κ3) is 3.97. The van der Waals surface area contributed by atoms with Crippen molar-refractivity contribution < 1.29 is 9.59 Å². The van der Waals surface area contributed by atoms with Crippen LogP contribution in [0.5, 0.6) is 0 Å². The summed E-state index contributed by atoms with van der Waals surface area (Å²) < 4.78 is 0. The van der Waals surface area contributed by atoms with Gasteiger partial charge in [0.2, 0.25) is 5.91 Å². The lowest BCUT2D eigenvalue weighted by molar-refractivity contribution is -0.126. The fourth-order valence-corrected chi connectivity index (χ4v) is 2.15. The molecule has 1 unspecified atom stereocenters. The van der Waals surface area contributed by atoms with E-state index in [1.807, 2.05) is 14.0 Å². The number of carbonyl (C=O) groups excluding carboxylic acids is 2. The highest BCUT2D eigenvalue weighted by molar-refractivity contribution is 5.81. The van der Waals surface area contributed by atoms with Gasteiger partial charge in [-0.15, -0.1) is 6.58 Å². The lowest BCUT2D eigenvalue weighted by atomic mass is 9.92. The van der Waals surface area contributed by atoms with Gasteiger partial charge in [0.15, 0.2) is 0 Å². The van der Waals surface area contributed by atoms with Crippen LogP contribution in [0, 0.1) is 0 Å². The molecule has 0 aromatic carbocycles. The molecule has 1 N–H and O–H groups in total. The van der Waals surface area contributed by atoms with Crippen LogP contribution in [0.15, 0.2) is 12.7 Å². The number of amides is 1. The maximum atomic E-state index is 11.8. The van der Waals surface area contributed by atoms with Crippen molar-refractivity contribution in [3.05, 3.63) is 12.7 Å². The second-order valence-electron chi connectivity index (χ2n) is 4.65. The molecule has 0 aromatic heterocycles. The van der Waals surface area contributed by atoms with Crippen molar-refractivity contribution in [1.29, 1.82) is 0 Å². The molecule has 1 saturated carbocycles. The van der Waals surface area contributed by atoms with Crippen LogP contribution in [-0.2, 0) is 9.59 Å². The summed E-state index contributed by atoms with van der Waals surface area (Å²) >= 11 is 0. The molecule has 0 heterocycles. The molecule has 17 heavy (non-hydrogen) atoms. The first kappa shape index (κ1) is 13.9. The van der Waals surface area contributed by atoms with Crippen LogP contribution in [-0.4, -0.2) is 42.3 Å². The van der Waals surface area contributed by atoms with Gasteiger partial charge in [-0.3, -0.25) is 14.5 Å². The molecule has 0 aromatic rings. The number of nitrogens with zero attached hydrogens (tertiary/aromatic N) is 1. The Morgan fingerprint density at radius 1 is 1.59 bits per heavy atom. The lowest BCUT2D eigenvalue weighted by Crippen LogP contribution is -2.48. The monoisotopic (exact) mass is 238 g/mol. The Hall–Kier alpha value is -1.16. The van der Waals surface area contributed by atoms with E-state index < -0.39 is 0 Å². The van der Waals surface area contributed by atoms with Crippen LogP contribution in [0.3, 0.4) is 0 Å². The van der Waals surface area contributed by atoms with Crippen LogP contribution < -0.4 is 5.32 Å². The van der Waals surface area contributed by atoms with Gasteiger partial charge in [-0.2, -0.15) is 0 Å². The van der Waals surface area contributed by atoms with E-state index in [1.54, 1.807) is 6.08 Å². The smallest absolute Gasteiger partial charge is 0.237 e. The second kappa shape index (κ2) is 6.55. The van der Waals surface area contributed by atoms with E-state index in [1.165, 1.54) is 0 Å². The summed E-state index contributed by atoms with van der Waals surface area (Å²) in [6.07, 6.45) is 4.71. The van der Waals surface area contributed by atoms with Crippen molar-refractivity contribution in [1.82, 2.24) is 10.2 Å². The molecule has 1 atom stereocenters. The quantitative estimate of drug-likeness (QED) is 0.730. The number of hydrogen-bond donors (Lipinski definition) is 1. The van der Waals surface area contributed by atoms with E-state index in [2.05, 4.69) is 16.8 Å². The van der Waals surface area contributed by atoms with Gasteiger partial charge in [-0.1, -0.05) is 6.08 Å². The molecule has 1 rings (SSSR count). The standard InChI is InChI=1S/C13H22N2O2/c1-4-9-14-13(17)10(2)15(3)11-5-7-12(16)8-6-11/h4,10-11H,1,5-9H2,2-3H3,(H,14,17). The van der Waals surface area contributed by atoms with E-state index >= 15 is 0 Å². The van der Waals surface area contributed by atoms with Gasteiger partial charge in [0.05, 0.1) is 6.04 Å². The Bertz CT molecular complexity index is 292. The Kier molecular flexibility index (Phi) is 5.35. The summed E-state index contributed by atoms with van der Waals surface area (Å²) in [5.74, 6) is 0.364. The molecule has 1 fully saturated rings. The molecule has 4 heteroatoms. The minimum absolute atomic E-state index is 0.0179. The molecule has 0 radical (unpaired) electrons. The largest absolute Gasteiger partial charge is 0.351 e. The number of likely N-dealkylation sites (N-methyl/N-ethyl adjacent to an activating group) is 1. The third-order valence-corrected chi connectivity index (χ3v) is 3.50. The molecule has 1 amide bonds. The summed E-state index contributed by atoms with van der Waals surface area (Å²) in [5.41, 5.74) is 0. The predicted molar refractivity (Wildman–Crippen MR) is 67.7 cm³/mol. The van der Waals surface area contributed by atoms with Crippen LogP contribution in [0.4, 0.5) is 0 Å². The molecule has 0 bridgehead atoms. The minimum Gasteiger partial charge on any atom is -0.351 e. The predicted octanol–water partition coefficient (Wildman–Crippen LogP) is 1.12. The van der Waals surface area contributed by atoms with Crippen LogP contribution in [0.25, 0.3) is 0 Å². The van der Waals surface area contributed by atoms with Crippen molar-refractivity contribution in [2.75, 3.05) is 13.6 Å². The average molecular weight is 238 g/mol. The van der Waals surface area contributed by atoms with E-state index in [9.17, 15) is 9.59 Å². The molecular formula is C13H22N2O2. The minimum atomic E-state index is -0.159. The number of rotatable bonds is 5. The van der Waals surface area contributed by atoms with Crippen molar-refractivity contribution in [2.45, 2.75) is 44.7 Å². The van der Waals surface area contributed by atoms with Crippen molar-refractivity contribution in [3.63, 3.8) is 0 Å². The number of Topliss-reactive ketones (excluding diaryl/α,β-unsaturated/α-hetero) is 1. The Balaban J connectivity index is 2.45. The number of carbonyl (C=O) groups is 2. The van der Waals surface area contributed by atoms with Gasteiger partial charge in [0, 0.05) is 25.4 Å². The molecule has 0 aliphatic heterocycles. The molecular weight excluding hydrogens is 216 g/mol. The molecule has 0 saturated heterocycles. The summed E-state index contributed by atoms with van der Waals surface area (Å²) in [4.78, 5) is 25.0. The van der Waals surface area contributed by atoms with Gasteiger partial charge in [-0.25, -0.2) is 0 Å². The zero-order chi connectivity index (χ0) is 12.8. The Morgan fingerprint density at radius 3 is 2.71 bits per heavy atom. The van der Waals surface area contributed by atoms with Crippen LogP contribution >= 0.6 is 0 Å². The topological polar surface area (TPSA) is 49.4 Å². The molecule has 0 spiro atoms. The molecule has 1 aliphatic rings. The highest BCUT2D eigenvalue weighted by Gasteiger charge is 2.27. The first-order chi connectivity index (χ1) is 8.06. The van der Waals surface area contributed by atoms with Crippen molar-refractivity contribution in [3.8, 4) is 0 Å². The molecule has 1 aliphatic carbocycles. The first-order valence-corrected chi connectivity index (χ1v) is 6.18. The fraction of sp³-hybridized carbons (Fsp3) is 0.692. The van der Waals surface area contributed by atoms with Crippen molar-refractivity contribution in [2.24, 2.45) is 0 Å². The molecule has 4 nitrogen and oxygen atoms in total. The molecule has 96 valence electrons. The van der Waals surface area contributed by atoms with Crippen molar-refractivity contribution >= 4 is 11.7 Å². The Morgan fingerprint density at radius 2 is 2.18 bits per heavy atom. The lowest BCUT2D eigenvalue weighted by Gasteiger charge is -2.34. The maximum absolute atomic E-state index is 11.8. The zero-order valence-electron chi connectivity index (χ0n) is 10.7. The number of hydrogen-bond acceptors (Lipinski definition) is 3. The highest BCUT2D eigenvalue weighted by atomic mass is 16.2. The van der Waals surface area contributed by atoms with Gasteiger partial charge < -0.3 is 5.32 Å². The maximum Gasteiger partial charge on any atom is 0.237 e. The summed E-state index contributed by atoms with van der Waals surface area (Å²) in [7, 11) is 1.96. The summed E-state index contributed by atoms with van der Waals surface area (Å²) in [6, 6.07) is 0.185.